The zero-order valence-electron chi connectivity index (χ0n) is 17.7. The summed E-state index contributed by atoms with van der Waals surface area (Å²) in [6.45, 7) is 5.50. The molecule has 0 bridgehead atoms. The quantitative estimate of drug-likeness (QED) is 0.562. The van der Waals surface area contributed by atoms with Crippen LogP contribution >= 0.6 is 12.4 Å². The molecule has 2 atom stereocenters. The van der Waals surface area contributed by atoms with Crippen LogP contribution < -0.4 is 25.8 Å². The highest BCUT2D eigenvalue weighted by molar-refractivity contribution is 5.87. The Bertz CT molecular complexity index is 678. The first-order valence-corrected chi connectivity index (χ1v) is 9.99. The second-order valence-corrected chi connectivity index (χ2v) is 7.71. The summed E-state index contributed by atoms with van der Waals surface area (Å²) >= 11 is 0. The Kier molecular flexibility index (Phi) is 10.3. The second-order valence-electron chi connectivity index (χ2n) is 7.71. The minimum absolute atomic E-state index is 0. The molecule has 1 fully saturated rings. The predicted octanol–water partition coefficient (Wildman–Crippen LogP) is 2.72. The van der Waals surface area contributed by atoms with Crippen molar-refractivity contribution in [2.75, 3.05) is 13.7 Å². The van der Waals surface area contributed by atoms with E-state index in [2.05, 4.69) is 10.6 Å². The van der Waals surface area contributed by atoms with Crippen LogP contribution in [-0.2, 0) is 9.59 Å². The van der Waals surface area contributed by atoms with Crippen molar-refractivity contribution in [3.8, 4) is 11.5 Å². The van der Waals surface area contributed by atoms with Crippen LogP contribution in [-0.4, -0.2) is 37.6 Å². The Morgan fingerprint density at radius 3 is 2.41 bits per heavy atom. The predicted molar refractivity (Wildman–Crippen MR) is 116 cm³/mol. The molecule has 2 amide bonds. The van der Waals surface area contributed by atoms with Gasteiger partial charge >= 0.3 is 0 Å². The topological polar surface area (TPSA) is 103 Å². The number of rotatable bonds is 9. The number of carbonyl (C=O) groups excluding carboxylic acids is 2. The van der Waals surface area contributed by atoms with Gasteiger partial charge in [0.1, 0.15) is 0 Å². The van der Waals surface area contributed by atoms with Gasteiger partial charge in [-0.05, 0) is 56.2 Å². The van der Waals surface area contributed by atoms with E-state index < -0.39 is 6.04 Å². The molecule has 7 nitrogen and oxygen atoms in total. The zero-order chi connectivity index (χ0) is 20.7. The first-order valence-electron chi connectivity index (χ1n) is 9.99. The number of methoxy groups -OCH3 is 1. The minimum atomic E-state index is -0.623. The van der Waals surface area contributed by atoms with E-state index >= 15 is 0 Å². The molecule has 0 saturated heterocycles. The van der Waals surface area contributed by atoms with E-state index in [1.54, 1.807) is 7.11 Å². The van der Waals surface area contributed by atoms with Crippen molar-refractivity contribution in [3.05, 3.63) is 23.8 Å². The fourth-order valence-electron chi connectivity index (χ4n) is 3.20. The lowest BCUT2D eigenvalue weighted by Crippen LogP contribution is -2.47. The number of amides is 2. The zero-order valence-corrected chi connectivity index (χ0v) is 18.5. The highest BCUT2D eigenvalue weighted by Gasteiger charge is 2.20. The van der Waals surface area contributed by atoms with Crippen LogP contribution in [0.4, 0.5) is 0 Å². The summed E-state index contributed by atoms with van der Waals surface area (Å²) in [4.78, 5) is 24.0. The molecule has 1 aromatic carbocycles. The third-order valence-corrected chi connectivity index (χ3v) is 5.11. The van der Waals surface area contributed by atoms with E-state index in [9.17, 15) is 9.59 Å². The molecule has 1 saturated carbocycles. The van der Waals surface area contributed by atoms with Crippen LogP contribution in [0, 0.1) is 5.92 Å². The molecule has 29 heavy (non-hydrogen) atoms. The highest BCUT2D eigenvalue weighted by atomic mass is 35.5. The first kappa shape index (κ1) is 25.0. The molecular weight excluding hydrogens is 394 g/mol. The molecule has 8 heteroatoms. The number of nitrogens with one attached hydrogen (secondary N) is 2. The summed E-state index contributed by atoms with van der Waals surface area (Å²) < 4.78 is 11.5. The van der Waals surface area contributed by atoms with Crippen molar-refractivity contribution in [1.29, 1.82) is 0 Å². The van der Waals surface area contributed by atoms with Gasteiger partial charge in [0.15, 0.2) is 11.5 Å². The lowest BCUT2D eigenvalue weighted by molar-refractivity contribution is -0.127. The molecular formula is C21H34ClN3O4. The maximum Gasteiger partial charge on any atom is 0.239 e. The fraction of sp³-hybridized carbons (Fsp3) is 0.619. The molecule has 4 N–H and O–H groups in total. The van der Waals surface area contributed by atoms with E-state index in [0.717, 1.165) is 24.2 Å². The van der Waals surface area contributed by atoms with Gasteiger partial charge in [-0.25, -0.2) is 0 Å². The average molecular weight is 428 g/mol. The van der Waals surface area contributed by atoms with Crippen LogP contribution in [0.1, 0.15) is 58.1 Å². The molecule has 0 aliphatic heterocycles. The standard InChI is InChI=1S/C21H33N3O4.ClH/c1-13(2)20(22)21(26)23-12-19(25)24-14(3)15-9-10-17(18(11-15)27-4)28-16-7-5-6-8-16;/h9-11,13-14,16,20H,5-8,12,22H2,1-4H3,(H,23,26)(H,24,25);1H/t14?,20-;/m0./s1. The Labute approximate surface area is 179 Å². The monoisotopic (exact) mass is 427 g/mol. The molecule has 0 spiro atoms. The van der Waals surface area contributed by atoms with Gasteiger partial charge in [-0.15, -0.1) is 12.4 Å². The van der Waals surface area contributed by atoms with E-state index in [-0.39, 0.29) is 48.8 Å². The molecule has 0 heterocycles. The SMILES string of the molecule is COc1cc(C(C)NC(=O)CNC(=O)[C@@H](N)C(C)C)ccc1OC1CCCC1.Cl. The summed E-state index contributed by atoms with van der Waals surface area (Å²) in [5.41, 5.74) is 6.67. The first-order chi connectivity index (χ1) is 13.3. The highest BCUT2D eigenvalue weighted by Crippen LogP contribution is 2.33. The molecule has 164 valence electrons. The van der Waals surface area contributed by atoms with Crippen LogP contribution in [0.3, 0.4) is 0 Å². The van der Waals surface area contributed by atoms with Crippen molar-refractivity contribution < 1.29 is 19.1 Å². The summed E-state index contributed by atoms with van der Waals surface area (Å²) in [6.07, 6.45) is 4.80. The summed E-state index contributed by atoms with van der Waals surface area (Å²) in [6, 6.07) is 4.83. The molecule has 1 aliphatic carbocycles. The van der Waals surface area contributed by atoms with Gasteiger partial charge in [0.2, 0.25) is 11.8 Å². The molecule has 0 radical (unpaired) electrons. The summed E-state index contributed by atoms with van der Waals surface area (Å²) in [5, 5.41) is 5.44. The van der Waals surface area contributed by atoms with Crippen LogP contribution in [0.2, 0.25) is 0 Å². The summed E-state index contributed by atoms with van der Waals surface area (Å²) in [5.74, 6) is 0.794. The van der Waals surface area contributed by atoms with Gasteiger partial charge in [0, 0.05) is 0 Å². The number of benzene rings is 1. The van der Waals surface area contributed by atoms with E-state index in [0.29, 0.717) is 5.75 Å². The largest absolute Gasteiger partial charge is 0.493 e. The average Bonchev–Trinajstić information content (AvgIpc) is 3.18. The van der Waals surface area contributed by atoms with Gasteiger partial charge in [-0.1, -0.05) is 19.9 Å². The van der Waals surface area contributed by atoms with E-state index in [1.165, 1.54) is 12.8 Å². The number of hydrogen-bond acceptors (Lipinski definition) is 5. The molecule has 1 aromatic rings. The maximum atomic E-state index is 12.2. The van der Waals surface area contributed by atoms with Gasteiger partial charge in [0.25, 0.3) is 0 Å². The van der Waals surface area contributed by atoms with Crippen molar-refractivity contribution >= 4 is 24.2 Å². The maximum absolute atomic E-state index is 12.2. The van der Waals surface area contributed by atoms with Crippen molar-refractivity contribution in [2.45, 2.75) is 64.6 Å². The number of nitrogens with two attached hydrogens (primary N) is 1. The number of carbonyl (C=O) groups is 2. The number of halogens is 1. The lowest BCUT2D eigenvalue weighted by Gasteiger charge is -2.20. The number of hydrogen-bond donors (Lipinski definition) is 3. The van der Waals surface area contributed by atoms with Crippen LogP contribution in [0.25, 0.3) is 0 Å². The lowest BCUT2D eigenvalue weighted by atomic mass is 10.1. The third-order valence-electron chi connectivity index (χ3n) is 5.11. The normalized spacial score (nSPS) is 15.9. The second kappa shape index (κ2) is 11.9. The molecule has 1 unspecified atom stereocenters. The minimum Gasteiger partial charge on any atom is -0.493 e. The Hall–Kier alpha value is -1.99. The van der Waals surface area contributed by atoms with Crippen molar-refractivity contribution in [1.82, 2.24) is 10.6 Å². The van der Waals surface area contributed by atoms with Gasteiger partial charge in [-0.3, -0.25) is 9.59 Å². The fourth-order valence-corrected chi connectivity index (χ4v) is 3.20. The van der Waals surface area contributed by atoms with E-state index in [4.69, 9.17) is 15.2 Å². The molecule has 0 aromatic heterocycles. The molecule has 2 rings (SSSR count). The third kappa shape index (κ3) is 7.40. The van der Waals surface area contributed by atoms with Gasteiger partial charge < -0.3 is 25.8 Å². The molecule has 1 aliphatic rings. The Morgan fingerprint density at radius 2 is 1.83 bits per heavy atom. The van der Waals surface area contributed by atoms with Gasteiger partial charge in [-0.2, -0.15) is 0 Å². The van der Waals surface area contributed by atoms with Crippen LogP contribution in [0.15, 0.2) is 18.2 Å². The number of ether oxygens (including phenoxy) is 2. The van der Waals surface area contributed by atoms with Gasteiger partial charge in [0.05, 0.1) is 31.8 Å². The van der Waals surface area contributed by atoms with Crippen molar-refractivity contribution in [2.24, 2.45) is 11.7 Å². The summed E-state index contributed by atoms with van der Waals surface area (Å²) in [7, 11) is 1.61. The van der Waals surface area contributed by atoms with E-state index in [1.807, 2.05) is 39.0 Å². The Morgan fingerprint density at radius 1 is 1.17 bits per heavy atom. The van der Waals surface area contributed by atoms with Crippen molar-refractivity contribution in [3.63, 3.8) is 0 Å². The van der Waals surface area contributed by atoms with Crippen LogP contribution in [0.5, 0.6) is 11.5 Å². The Balaban J connectivity index is 0.00000420. The smallest absolute Gasteiger partial charge is 0.239 e.